The lowest BCUT2D eigenvalue weighted by Gasteiger charge is -2.25. The summed E-state index contributed by atoms with van der Waals surface area (Å²) in [7, 11) is 0. The summed E-state index contributed by atoms with van der Waals surface area (Å²) in [4.78, 5) is 33.1. The number of hydrogen-bond acceptors (Lipinski definition) is 6. The Bertz CT molecular complexity index is 1370. The lowest BCUT2D eigenvalue weighted by atomic mass is 9.96. The molecule has 0 saturated carbocycles. The summed E-state index contributed by atoms with van der Waals surface area (Å²) in [5.74, 6) is -0.220. The number of ether oxygens (including phenoxy) is 1. The minimum atomic E-state index is -0.588. The largest absolute Gasteiger partial charge is 0.462 e. The van der Waals surface area contributed by atoms with E-state index in [1.807, 2.05) is 87.7 Å². The molecule has 0 fully saturated rings. The summed E-state index contributed by atoms with van der Waals surface area (Å²) in [5.41, 5.74) is 2.62. The standard InChI is InChI=1S/C26H26N2O3S2/c1-16(2)15-31-25(30)22-17(3)27-26-28(23(22)19-10-12-20(32-4)13-11-19)24(29)21(33-26)14-18-8-6-5-7-9-18/h5-14,16,23H,15H2,1-4H3. The smallest absolute Gasteiger partial charge is 0.338 e. The van der Waals surface area contributed by atoms with Crippen LogP contribution in [0.3, 0.4) is 0 Å². The Morgan fingerprint density at radius 2 is 1.88 bits per heavy atom. The molecule has 1 aliphatic heterocycles. The van der Waals surface area contributed by atoms with Crippen molar-refractivity contribution in [2.45, 2.75) is 31.7 Å². The minimum Gasteiger partial charge on any atom is -0.462 e. The predicted octanol–water partition coefficient (Wildman–Crippen LogP) is 4.16. The number of benzene rings is 2. The molecule has 0 bridgehead atoms. The Labute approximate surface area is 201 Å². The number of allylic oxidation sites excluding steroid dienone is 1. The molecule has 4 rings (SSSR count). The second-order valence-electron chi connectivity index (χ2n) is 8.26. The van der Waals surface area contributed by atoms with Crippen LogP contribution in [0.4, 0.5) is 0 Å². The number of aromatic nitrogens is 1. The maximum Gasteiger partial charge on any atom is 0.338 e. The van der Waals surface area contributed by atoms with E-state index in [4.69, 9.17) is 4.74 Å². The maximum atomic E-state index is 13.6. The zero-order valence-electron chi connectivity index (χ0n) is 19.1. The Morgan fingerprint density at radius 3 is 2.52 bits per heavy atom. The number of rotatable bonds is 6. The van der Waals surface area contributed by atoms with Crippen LogP contribution in [0.2, 0.25) is 0 Å². The van der Waals surface area contributed by atoms with Crippen LogP contribution in [0.25, 0.3) is 6.08 Å². The molecule has 1 aromatic heterocycles. The van der Waals surface area contributed by atoms with Gasteiger partial charge in [-0.25, -0.2) is 9.79 Å². The fourth-order valence-corrected chi connectivity index (χ4v) is 5.16. The fourth-order valence-electron chi connectivity index (χ4n) is 3.71. The van der Waals surface area contributed by atoms with Crippen molar-refractivity contribution in [1.29, 1.82) is 0 Å². The Hall–Kier alpha value is -2.90. The molecule has 0 aliphatic carbocycles. The molecule has 1 atom stereocenters. The van der Waals surface area contributed by atoms with Crippen LogP contribution in [-0.4, -0.2) is 23.4 Å². The van der Waals surface area contributed by atoms with Crippen molar-refractivity contribution >= 4 is 35.1 Å². The van der Waals surface area contributed by atoms with Crippen LogP contribution in [0.5, 0.6) is 0 Å². The first kappa shape index (κ1) is 23.3. The topological polar surface area (TPSA) is 60.7 Å². The van der Waals surface area contributed by atoms with E-state index >= 15 is 0 Å². The number of thiazole rings is 1. The molecule has 1 aliphatic rings. The van der Waals surface area contributed by atoms with E-state index < -0.39 is 12.0 Å². The number of carbonyl (C=O) groups is 1. The first-order valence-corrected chi connectivity index (χ1v) is 12.8. The molecular formula is C26H26N2O3S2. The zero-order valence-corrected chi connectivity index (χ0v) is 20.7. The van der Waals surface area contributed by atoms with Gasteiger partial charge in [-0.05, 0) is 48.4 Å². The van der Waals surface area contributed by atoms with Crippen molar-refractivity contribution in [1.82, 2.24) is 4.57 Å². The van der Waals surface area contributed by atoms with Gasteiger partial charge in [0.15, 0.2) is 4.80 Å². The number of carbonyl (C=O) groups excluding carboxylic acids is 1. The molecule has 0 saturated heterocycles. The van der Waals surface area contributed by atoms with E-state index in [0.717, 1.165) is 16.0 Å². The van der Waals surface area contributed by atoms with Gasteiger partial charge in [-0.1, -0.05) is 67.6 Å². The van der Waals surface area contributed by atoms with Crippen LogP contribution >= 0.6 is 23.1 Å². The molecule has 0 N–H and O–H groups in total. The number of fused-ring (bicyclic) bond motifs is 1. The lowest BCUT2D eigenvalue weighted by molar-refractivity contribution is -0.140. The SMILES string of the molecule is CSc1ccc(C2C(C(=O)OCC(C)C)=C(C)N=c3sc(=Cc4ccccc4)c(=O)n32)cc1. The van der Waals surface area contributed by atoms with Gasteiger partial charge < -0.3 is 4.74 Å². The number of hydrogen-bond donors (Lipinski definition) is 0. The van der Waals surface area contributed by atoms with Gasteiger partial charge in [-0.2, -0.15) is 0 Å². The normalized spacial score (nSPS) is 16.0. The zero-order chi connectivity index (χ0) is 23.5. The number of thioether (sulfide) groups is 1. The van der Waals surface area contributed by atoms with E-state index in [-0.39, 0.29) is 11.5 Å². The monoisotopic (exact) mass is 478 g/mol. The average molecular weight is 479 g/mol. The van der Waals surface area contributed by atoms with Gasteiger partial charge in [0, 0.05) is 4.90 Å². The highest BCUT2D eigenvalue weighted by Gasteiger charge is 2.33. The average Bonchev–Trinajstić information content (AvgIpc) is 3.11. The van der Waals surface area contributed by atoms with Gasteiger partial charge >= 0.3 is 5.97 Å². The molecule has 0 amide bonds. The molecule has 170 valence electrons. The van der Waals surface area contributed by atoms with Crippen LogP contribution < -0.4 is 14.9 Å². The van der Waals surface area contributed by atoms with Crippen LogP contribution in [-0.2, 0) is 9.53 Å². The van der Waals surface area contributed by atoms with Gasteiger partial charge in [-0.15, -0.1) is 11.8 Å². The van der Waals surface area contributed by atoms with Gasteiger partial charge in [0.2, 0.25) is 0 Å². The summed E-state index contributed by atoms with van der Waals surface area (Å²) >= 11 is 2.98. The van der Waals surface area contributed by atoms with Crippen LogP contribution in [0.15, 0.2) is 80.5 Å². The molecule has 7 heteroatoms. The Kier molecular flexibility index (Phi) is 7.00. The Morgan fingerprint density at radius 1 is 1.18 bits per heavy atom. The summed E-state index contributed by atoms with van der Waals surface area (Å²) in [6, 6.07) is 17.1. The van der Waals surface area contributed by atoms with Crippen molar-refractivity contribution in [2.75, 3.05) is 12.9 Å². The highest BCUT2D eigenvalue weighted by atomic mass is 32.2. The van der Waals surface area contributed by atoms with Crippen LogP contribution in [0.1, 0.15) is 37.9 Å². The third-order valence-electron chi connectivity index (χ3n) is 5.32. The quantitative estimate of drug-likeness (QED) is 0.394. The lowest BCUT2D eigenvalue weighted by Crippen LogP contribution is -2.40. The summed E-state index contributed by atoms with van der Waals surface area (Å²) in [5, 5.41) is 0. The first-order chi connectivity index (χ1) is 15.9. The van der Waals surface area contributed by atoms with Crippen molar-refractivity contribution in [3.63, 3.8) is 0 Å². The predicted molar refractivity (Wildman–Crippen MR) is 134 cm³/mol. The minimum absolute atomic E-state index is 0.164. The number of esters is 1. The second kappa shape index (κ2) is 9.93. The third-order valence-corrected chi connectivity index (χ3v) is 7.04. The van der Waals surface area contributed by atoms with Crippen molar-refractivity contribution in [3.8, 4) is 0 Å². The van der Waals surface area contributed by atoms with E-state index in [1.54, 1.807) is 16.3 Å². The van der Waals surface area contributed by atoms with Gasteiger partial charge in [0.05, 0.1) is 28.5 Å². The third kappa shape index (κ3) is 4.89. The Balaban J connectivity index is 1.89. The molecule has 0 radical (unpaired) electrons. The maximum absolute atomic E-state index is 13.6. The van der Waals surface area contributed by atoms with Gasteiger partial charge in [0.25, 0.3) is 5.56 Å². The van der Waals surface area contributed by atoms with Gasteiger partial charge in [0.1, 0.15) is 0 Å². The van der Waals surface area contributed by atoms with E-state index in [0.29, 0.717) is 27.2 Å². The molecule has 3 aromatic rings. The summed E-state index contributed by atoms with van der Waals surface area (Å²) < 4.78 is 7.80. The highest BCUT2D eigenvalue weighted by Crippen LogP contribution is 2.31. The number of nitrogens with zero attached hydrogens (tertiary/aromatic N) is 2. The molecule has 5 nitrogen and oxygen atoms in total. The summed E-state index contributed by atoms with van der Waals surface area (Å²) in [6.07, 6.45) is 3.88. The molecule has 1 unspecified atom stereocenters. The van der Waals surface area contributed by atoms with Crippen molar-refractivity contribution in [3.05, 3.63) is 96.7 Å². The molecule has 33 heavy (non-hydrogen) atoms. The van der Waals surface area contributed by atoms with Gasteiger partial charge in [-0.3, -0.25) is 9.36 Å². The molecule has 0 spiro atoms. The highest BCUT2D eigenvalue weighted by molar-refractivity contribution is 7.98. The summed E-state index contributed by atoms with van der Waals surface area (Å²) in [6.45, 7) is 6.10. The first-order valence-electron chi connectivity index (χ1n) is 10.8. The van der Waals surface area contributed by atoms with E-state index in [1.165, 1.54) is 11.3 Å². The molecule has 2 aromatic carbocycles. The van der Waals surface area contributed by atoms with E-state index in [2.05, 4.69) is 4.99 Å². The fraction of sp³-hybridized carbons (Fsp3) is 0.269. The van der Waals surface area contributed by atoms with Crippen LogP contribution in [0, 0.1) is 5.92 Å². The second-order valence-corrected chi connectivity index (χ2v) is 10.1. The van der Waals surface area contributed by atoms with Crippen molar-refractivity contribution < 1.29 is 9.53 Å². The van der Waals surface area contributed by atoms with Crippen molar-refractivity contribution in [2.24, 2.45) is 10.9 Å². The van der Waals surface area contributed by atoms with E-state index in [9.17, 15) is 9.59 Å². The molecule has 2 heterocycles. The molecular weight excluding hydrogens is 452 g/mol.